The van der Waals surface area contributed by atoms with Crippen molar-refractivity contribution in [3.05, 3.63) is 107 Å². The summed E-state index contributed by atoms with van der Waals surface area (Å²) in [4.78, 5) is 17.9. The number of hydrogen-bond acceptors (Lipinski definition) is 3. The predicted molar refractivity (Wildman–Crippen MR) is 128 cm³/mol. The second kappa shape index (κ2) is 8.46. The van der Waals surface area contributed by atoms with Gasteiger partial charge in [-0.3, -0.25) is 4.79 Å². The summed E-state index contributed by atoms with van der Waals surface area (Å²) >= 11 is 12.3. The fourth-order valence-electron chi connectivity index (χ4n) is 3.48. The van der Waals surface area contributed by atoms with Crippen LogP contribution in [-0.4, -0.2) is 20.5 Å². The fraction of sp³-hybridized carbons (Fsp3) is 0. The van der Waals surface area contributed by atoms with Crippen LogP contribution in [0.4, 0.5) is 5.69 Å². The van der Waals surface area contributed by atoms with E-state index in [-0.39, 0.29) is 10.9 Å². The molecule has 1 amide bonds. The largest absolute Gasteiger partial charge is 0.320 e. The van der Waals surface area contributed by atoms with E-state index < -0.39 is 0 Å². The van der Waals surface area contributed by atoms with Gasteiger partial charge >= 0.3 is 0 Å². The number of nitrogens with zero attached hydrogens (tertiary/aromatic N) is 3. The van der Waals surface area contributed by atoms with Crippen molar-refractivity contribution in [2.24, 2.45) is 0 Å². The van der Waals surface area contributed by atoms with Crippen LogP contribution >= 0.6 is 23.2 Å². The van der Waals surface area contributed by atoms with Crippen LogP contribution in [0.1, 0.15) is 10.4 Å². The van der Waals surface area contributed by atoms with Crippen LogP contribution in [0.3, 0.4) is 0 Å². The lowest BCUT2D eigenvalue weighted by Crippen LogP contribution is -2.12. The van der Waals surface area contributed by atoms with E-state index in [1.54, 1.807) is 22.7 Å². The summed E-state index contributed by atoms with van der Waals surface area (Å²) in [6.45, 7) is 0. The van der Waals surface area contributed by atoms with Crippen molar-refractivity contribution < 1.29 is 4.79 Å². The van der Waals surface area contributed by atoms with E-state index in [9.17, 15) is 4.79 Å². The van der Waals surface area contributed by atoms with Crippen molar-refractivity contribution in [1.29, 1.82) is 0 Å². The molecule has 0 aliphatic heterocycles. The number of hydrogen-bond donors (Lipinski definition) is 1. The van der Waals surface area contributed by atoms with Crippen LogP contribution < -0.4 is 5.32 Å². The molecule has 5 nitrogen and oxygen atoms in total. The molecule has 5 aromatic rings. The first kappa shape index (κ1) is 20.2. The van der Waals surface area contributed by atoms with Crippen LogP contribution in [0.25, 0.3) is 28.2 Å². The molecule has 0 aliphatic carbocycles. The van der Waals surface area contributed by atoms with E-state index in [2.05, 4.69) is 10.4 Å². The third-order valence-corrected chi connectivity index (χ3v) is 5.87. The SMILES string of the molecule is O=C(Nc1cccc(Cl)c1Cl)c1cnn2c(-c3ccccc3)cc(-c3ccccc3)nc12. The van der Waals surface area contributed by atoms with Crippen molar-refractivity contribution in [2.75, 3.05) is 5.32 Å². The molecule has 0 radical (unpaired) electrons. The number of halogens is 2. The molecule has 0 saturated carbocycles. The van der Waals surface area contributed by atoms with Crippen LogP contribution in [-0.2, 0) is 0 Å². The summed E-state index contributed by atoms with van der Waals surface area (Å²) in [6, 6.07) is 26.7. The van der Waals surface area contributed by atoms with Crippen molar-refractivity contribution in [1.82, 2.24) is 14.6 Å². The molecular formula is C25H16Cl2N4O. The van der Waals surface area contributed by atoms with Crippen molar-refractivity contribution in [2.45, 2.75) is 0 Å². The third-order valence-electron chi connectivity index (χ3n) is 5.06. The third kappa shape index (κ3) is 3.73. The Kier molecular flexibility index (Phi) is 5.35. The number of amides is 1. The van der Waals surface area contributed by atoms with Gasteiger partial charge in [-0.05, 0) is 18.2 Å². The summed E-state index contributed by atoms with van der Waals surface area (Å²) in [5, 5.41) is 7.92. The lowest BCUT2D eigenvalue weighted by atomic mass is 10.1. The number of carbonyl (C=O) groups excluding carboxylic acids is 1. The molecule has 5 rings (SSSR count). The minimum atomic E-state index is -0.374. The molecule has 156 valence electrons. The molecule has 32 heavy (non-hydrogen) atoms. The van der Waals surface area contributed by atoms with E-state index in [0.29, 0.717) is 21.9 Å². The zero-order valence-corrected chi connectivity index (χ0v) is 18.2. The number of fused-ring (bicyclic) bond motifs is 1. The van der Waals surface area contributed by atoms with Crippen LogP contribution in [0.2, 0.25) is 10.0 Å². The van der Waals surface area contributed by atoms with Gasteiger partial charge in [0.25, 0.3) is 5.91 Å². The van der Waals surface area contributed by atoms with Gasteiger partial charge in [-0.1, -0.05) is 89.9 Å². The quantitative estimate of drug-likeness (QED) is 0.329. The van der Waals surface area contributed by atoms with Gasteiger partial charge in [0.05, 0.1) is 33.3 Å². The highest BCUT2D eigenvalue weighted by Gasteiger charge is 2.19. The van der Waals surface area contributed by atoms with E-state index >= 15 is 0 Å². The minimum absolute atomic E-state index is 0.280. The fourth-order valence-corrected chi connectivity index (χ4v) is 3.83. The first-order chi connectivity index (χ1) is 15.6. The number of rotatable bonds is 4. The lowest BCUT2D eigenvalue weighted by molar-refractivity contribution is 0.102. The molecular weight excluding hydrogens is 443 g/mol. The lowest BCUT2D eigenvalue weighted by Gasteiger charge is -2.10. The Morgan fingerprint density at radius 3 is 2.25 bits per heavy atom. The van der Waals surface area contributed by atoms with E-state index in [0.717, 1.165) is 22.5 Å². The maximum atomic E-state index is 13.1. The van der Waals surface area contributed by atoms with Crippen LogP contribution in [0.15, 0.2) is 91.1 Å². The topological polar surface area (TPSA) is 59.3 Å². The van der Waals surface area contributed by atoms with E-state index in [4.69, 9.17) is 28.2 Å². The summed E-state index contributed by atoms with van der Waals surface area (Å²) in [5.74, 6) is -0.374. The molecule has 3 aromatic carbocycles. The number of aromatic nitrogens is 3. The molecule has 0 fully saturated rings. The Bertz CT molecular complexity index is 1430. The Morgan fingerprint density at radius 2 is 1.53 bits per heavy atom. The second-order valence-electron chi connectivity index (χ2n) is 7.11. The highest BCUT2D eigenvalue weighted by atomic mass is 35.5. The normalized spacial score (nSPS) is 10.9. The first-order valence-corrected chi connectivity index (χ1v) is 10.6. The van der Waals surface area contributed by atoms with Gasteiger partial charge in [-0.15, -0.1) is 0 Å². The predicted octanol–water partition coefficient (Wildman–Crippen LogP) is 6.62. The van der Waals surface area contributed by atoms with E-state index in [1.165, 1.54) is 6.20 Å². The van der Waals surface area contributed by atoms with Gasteiger partial charge in [0.2, 0.25) is 0 Å². The average molecular weight is 459 g/mol. The van der Waals surface area contributed by atoms with Crippen LogP contribution in [0.5, 0.6) is 0 Å². The van der Waals surface area contributed by atoms with Gasteiger partial charge in [-0.25, -0.2) is 9.50 Å². The zero-order chi connectivity index (χ0) is 22.1. The Hall–Kier alpha value is -3.67. The standard InChI is InChI=1S/C25H16Cl2N4O/c26-19-12-7-13-20(23(19)27)30-25(32)18-15-28-31-22(17-10-5-2-6-11-17)14-21(29-24(18)31)16-8-3-1-4-9-16/h1-15H,(H,30,32). The summed E-state index contributed by atoms with van der Waals surface area (Å²) in [6.07, 6.45) is 1.51. The summed E-state index contributed by atoms with van der Waals surface area (Å²) in [7, 11) is 0. The Morgan fingerprint density at radius 1 is 0.844 bits per heavy atom. The highest BCUT2D eigenvalue weighted by Crippen LogP contribution is 2.31. The van der Waals surface area contributed by atoms with Gasteiger partial charge in [0.1, 0.15) is 5.56 Å². The number of carbonyl (C=O) groups is 1. The molecule has 0 bridgehead atoms. The van der Waals surface area contributed by atoms with Gasteiger partial charge in [-0.2, -0.15) is 5.10 Å². The summed E-state index contributed by atoms with van der Waals surface area (Å²) < 4.78 is 1.68. The Labute approximate surface area is 194 Å². The van der Waals surface area contributed by atoms with Crippen molar-refractivity contribution in [3.8, 4) is 22.5 Å². The first-order valence-electron chi connectivity index (χ1n) is 9.87. The van der Waals surface area contributed by atoms with Gasteiger partial charge in [0, 0.05) is 11.1 Å². The highest BCUT2D eigenvalue weighted by molar-refractivity contribution is 6.44. The number of nitrogens with one attached hydrogen (secondary N) is 1. The van der Waals surface area contributed by atoms with Crippen LogP contribution in [0, 0.1) is 0 Å². The molecule has 0 saturated heterocycles. The Balaban J connectivity index is 1.66. The monoisotopic (exact) mass is 458 g/mol. The molecule has 0 atom stereocenters. The van der Waals surface area contributed by atoms with Crippen molar-refractivity contribution in [3.63, 3.8) is 0 Å². The zero-order valence-electron chi connectivity index (χ0n) is 16.7. The second-order valence-corrected chi connectivity index (χ2v) is 7.89. The minimum Gasteiger partial charge on any atom is -0.320 e. The van der Waals surface area contributed by atoms with Gasteiger partial charge in [0.15, 0.2) is 5.65 Å². The maximum Gasteiger partial charge on any atom is 0.261 e. The molecule has 0 spiro atoms. The molecule has 7 heteroatoms. The number of anilines is 1. The molecule has 2 aromatic heterocycles. The molecule has 0 aliphatic rings. The smallest absolute Gasteiger partial charge is 0.261 e. The summed E-state index contributed by atoms with van der Waals surface area (Å²) in [5.41, 5.74) is 4.67. The van der Waals surface area contributed by atoms with Crippen molar-refractivity contribution >= 4 is 40.4 Å². The molecule has 1 N–H and O–H groups in total. The van der Waals surface area contributed by atoms with E-state index in [1.807, 2.05) is 66.7 Å². The average Bonchev–Trinajstić information content (AvgIpc) is 3.27. The molecule has 2 heterocycles. The molecule has 0 unspecified atom stereocenters. The van der Waals surface area contributed by atoms with Gasteiger partial charge < -0.3 is 5.32 Å². The number of benzene rings is 3. The maximum absolute atomic E-state index is 13.1.